The molecule has 1 aromatic carbocycles. The Morgan fingerprint density at radius 2 is 2.35 bits per heavy atom. The topological polar surface area (TPSA) is 61.4 Å². The first kappa shape index (κ1) is 15.9. The first-order valence-electron chi connectivity index (χ1n) is 7.71. The fraction of sp³-hybridized carbons (Fsp3) is 0.438. The van der Waals surface area contributed by atoms with Crippen LogP contribution in [0.4, 0.5) is 10.8 Å². The minimum atomic E-state index is -0.0302. The zero-order chi connectivity index (χ0) is 16.2. The van der Waals surface area contributed by atoms with E-state index in [2.05, 4.69) is 49.6 Å². The summed E-state index contributed by atoms with van der Waals surface area (Å²) in [5.41, 5.74) is 4.08. The van der Waals surface area contributed by atoms with Gasteiger partial charge in [0.05, 0.1) is 6.54 Å². The lowest BCUT2D eigenvalue weighted by atomic mass is 10.0. The second kappa shape index (κ2) is 7.06. The third kappa shape index (κ3) is 3.86. The Kier molecular flexibility index (Phi) is 4.88. The summed E-state index contributed by atoms with van der Waals surface area (Å²) in [6, 6.07) is 8.85. The lowest BCUT2D eigenvalue weighted by molar-refractivity contribution is -0.117. The molecule has 23 heavy (non-hydrogen) atoms. The van der Waals surface area contributed by atoms with Crippen LogP contribution in [0.3, 0.4) is 0 Å². The molecule has 3 rings (SSSR count). The molecule has 0 saturated carbocycles. The number of rotatable bonds is 5. The van der Waals surface area contributed by atoms with Crippen LogP contribution >= 0.6 is 11.3 Å². The van der Waals surface area contributed by atoms with Crippen molar-refractivity contribution < 1.29 is 4.79 Å². The summed E-state index contributed by atoms with van der Waals surface area (Å²) in [6.07, 6.45) is 2.20. The molecule has 1 N–H and O–H groups in total. The number of carbonyl (C=O) groups is 1. The molecule has 2 aromatic rings. The van der Waals surface area contributed by atoms with Crippen LogP contribution < -0.4 is 10.2 Å². The molecule has 0 bridgehead atoms. The summed E-state index contributed by atoms with van der Waals surface area (Å²) in [7, 11) is 4.09. The van der Waals surface area contributed by atoms with Gasteiger partial charge in [-0.05, 0) is 37.1 Å². The molecule has 1 aromatic heterocycles. The third-order valence-electron chi connectivity index (χ3n) is 4.09. The highest BCUT2D eigenvalue weighted by Crippen LogP contribution is 2.33. The van der Waals surface area contributed by atoms with Gasteiger partial charge in [-0.3, -0.25) is 15.0 Å². The van der Waals surface area contributed by atoms with Crippen molar-refractivity contribution in [2.75, 3.05) is 37.4 Å². The maximum atomic E-state index is 12.2. The van der Waals surface area contributed by atoms with Crippen molar-refractivity contribution in [2.24, 2.45) is 0 Å². The average Bonchev–Trinajstić information content (AvgIpc) is 3.19. The quantitative estimate of drug-likeness (QED) is 0.911. The van der Waals surface area contributed by atoms with Crippen molar-refractivity contribution >= 4 is 28.1 Å². The molecule has 7 heteroatoms. The van der Waals surface area contributed by atoms with Gasteiger partial charge in [0.2, 0.25) is 11.0 Å². The van der Waals surface area contributed by atoms with Crippen LogP contribution in [0.2, 0.25) is 0 Å². The molecule has 0 spiro atoms. The van der Waals surface area contributed by atoms with E-state index in [1.165, 1.54) is 22.6 Å². The molecule has 1 aliphatic heterocycles. The third-order valence-corrected chi connectivity index (χ3v) is 4.69. The number of nitrogens with one attached hydrogen (secondary N) is 1. The first-order chi connectivity index (χ1) is 11.1. The number of aromatic nitrogens is 2. The van der Waals surface area contributed by atoms with Gasteiger partial charge >= 0.3 is 0 Å². The van der Waals surface area contributed by atoms with Crippen LogP contribution in [0.25, 0.3) is 0 Å². The van der Waals surface area contributed by atoms with Crippen LogP contribution in [0.1, 0.15) is 24.4 Å². The van der Waals surface area contributed by atoms with E-state index in [9.17, 15) is 4.79 Å². The number of benzene rings is 1. The molecule has 1 atom stereocenters. The van der Waals surface area contributed by atoms with Crippen molar-refractivity contribution in [3.8, 4) is 0 Å². The van der Waals surface area contributed by atoms with Gasteiger partial charge in [-0.25, -0.2) is 0 Å². The highest BCUT2D eigenvalue weighted by atomic mass is 32.1. The second-order valence-corrected chi connectivity index (χ2v) is 6.74. The van der Waals surface area contributed by atoms with Crippen molar-refractivity contribution in [1.82, 2.24) is 15.1 Å². The van der Waals surface area contributed by atoms with Crippen molar-refractivity contribution in [1.29, 1.82) is 0 Å². The van der Waals surface area contributed by atoms with Gasteiger partial charge in [0.25, 0.3) is 0 Å². The maximum absolute atomic E-state index is 12.2. The summed E-state index contributed by atoms with van der Waals surface area (Å²) in [6.45, 7) is 1.33. The van der Waals surface area contributed by atoms with Crippen LogP contribution in [0.15, 0.2) is 29.8 Å². The Morgan fingerprint density at radius 3 is 3.09 bits per heavy atom. The van der Waals surface area contributed by atoms with Crippen LogP contribution in [-0.2, 0) is 4.79 Å². The van der Waals surface area contributed by atoms with Gasteiger partial charge in [-0.2, -0.15) is 0 Å². The van der Waals surface area contributed by atoms with Gasteiger partial charge in [0.1, 0.15) is 5.51 Å². The minimum Gasteiger partial charge on any atom is -0.378 e. The van der Waals surface area contributed by atoms with E-state index >= 15 is 0 Å². The smallest absolute Gasteiger partial charge is 0.240 e. The molecule has 0 radical (unpaired) electrons. The van der Waals surface area contributed by atoms with E-state index in [1.807, 2.05) is 14.1 Å². The Labute approximate surface area is 140 Å². The predicted octanol–water partition coefficient (Wildman–Crippen LogP) is 2.38. The number of anilines is 2. The minimum absolute atomic E-state index is 0.0302. The first-order valence-corrected chi connectivity index (χ1v) is 8.59. The monoisotopic (exact) mass is 331 g/mol. The zero-order valence-corrected chi connectivity index (χ0v) is 14.2. The van der Waals surface area contributed by atoms with Gasteiger partial charge in [0, 0.05) is 25.8 Å². The van der Waals surface area contributed by atoms with Crippen LogP contribution in [0.5, 0.6) is 0 Å². The number of amides is 1. The Balaban J connectivity index is 1.68. The van der Waals surface area contributed by atoms with E-state index in [0.717, 1.165) is 19.4 Å². The van der Waals surface area contributed by atoms with E-state index in [-0.39, 0.29) is 5.91 Å². The van der Waals surface area contributed by atoms with Gasteiger partial charge in [-0.15, -0.1) is 10.2 Å². The number of nitrogens with zero attached hydrogens (tertiary/aromatic N) is 4. The molecule has 0 aliphatic carbocycles. The summed E-state index contributed by atoms with van der Waals surface area (Å²) < 4.78 is 0. The molecule has 1 fully saturated rings. The van der Waals surface area contributed by atoms with Crippen molar-refractivity contribution in [3.05, 3.63) is 35.3 Å². The number of hydrogen-bond acceptors (Lipinski definition) is 6. The lowest BCUT2D eigenvalue weighted by Crippen LogP contribution is -2.33. The standard InChI is InChI=1S/C16H21N5OS/c1-20(2)13-6-3-5-12(9-13)14-7-4-8-21(14)10-15(22)18-16-19-17-11-23-16/h3,5-6,9,11,14H,4,7-8,10H2,1-2H3,(H,18,19,22)/t14-/m0/s1. The summed E-state index contributed by atoms with van der Waals surface area (Å²) in [4.78, 5) is 16.5. The summed E-state index contributed by atoms with van der Waals surface area (Å²) in [5.74, 6) is -0.0302. The van der Waals surface area contributed by atoms with E-state index in [0.29, 0.717) is 17.7 Å². The lowest BCUT2D eigenvalue weighted by Gasteiger charge is -2.25. The molecule has 6 nitrogen and oxygen atoms in total. The SMILES string of the molecule is CN(C)c1cccc([C@@H]2CCCN2CC(=O)Nc2nncs2)c1. The van der Waals surface area contributed by atoms with Gasteiger partial charge in [-0.1, -0.05) is 23.5 Å². The van der Waals surface area contributed by atoms with Crippen molar-refractivity contribution in [2.45, 2.75) is 18.9 Å². The second-order valence-electron chi connectivity index (χ2n) is 5.91. The molecule has 1 saturated heterocycles. The van der Waals surface area contributed by atoms with Crippen molar-refractivity contribution in [3.63, 3.8) is 0 Å². The number of hydrogen-bond donors (Lipinski definition) is 1. The Morgan fingerprint density at radius 1 is 1.48 bits per heavy atom. The van der Waals surface area contributed by atoms with E-state index in [1.54, 1.807) is 5.51 Å². The fourth-order valence-electron chi connectivity index (χ4n) is 2.97. The highest BCUT2D eigenvalue weighted by Gasteiger charge is 2.28. The predicted molar refractivity (Wildman–Crippen MR) is 92.9 cm³/mol. The molecule has 122 valence electrons. The molecule has 0 unspecified atom stereocenters. The number of carbonyl (C=O) groups excluding carboxylic acids is 1. The Bertz CT molecular complexity index is 658. The normalized spacial score (nSPS) is 18.1. The number of likely N-dealkylation sites (tertiary alicyclic amines) is 1. The van der Waals surface area contributed by atoms with Crippen LogP contribution in [-0.4, -0.2) is 48.2 Å². The fourth-order valence-corrected chi connectivity index (χ4v) is 3.44. The van der Waals surface area contributed by atoms with Gasteiger partial charge < -0.3 is 4.90 Å². The summed E-state index contributed by atoms with van der Waals surface area (Å²) in [5, 5.41) is 10.9. The maximum Gasteiger partial charge on any atom is 0.240 e. The van der Waals surface area contributed by atoms with E-state index in [4.69, 9.17) is 0 Å². The summed E-state index contributed by atoms with van der Waals surface area (Å²) >= 11 is 1.33. The Hall–Kier alpha value is -1.99. The molecular weight excluding hydrogens is 310 g/mol. The van der Waals surface area contributed by atoms with Crippen LogP contribution in [0, 0.1) is 0 Å². The zero-order valence-electron chi connectivity index (χ0n) is 13.4. The average molecular weight is 331 g/mol. The molecule has 2 heterocycles. The molecular formula is C16H21N5OS. The molecule has 1 aliphatic rings. The highest BCUT2D eigenvalue weighted by molar-refractivity contribution is 7.13. The largest absolute Gasteiger partial charge is 0.378 e. The van der Waals surface area contributed by atoms with E-state index < -0.39 is 0 Å². The molecule has 1 amide bonds. The van der Waals surface area contributed by atoms with Gasteiger partial charge in [0.15, 0.2) is 0 Å².